The molecule has 199 valence electrons. The molecule has 0 amide bonds. The third-order valence-electron chi connectivity index (χ3n) is 6.85. The van der Waals surface area contributed by atoms with Gasteiger partial charge >= 0.3 is 0 Å². The number of hydrogen-bond donors (Lipinski definition) is 0. The first-order chi connectivity index (χ1) is 16.6. The maximum Gasteiger partial charge on any atom is 0.0870 e. The van der Waals surface area contributed by atoms with Crippen molar-refractivity contribution in [1.82, 2.24) is 4.98 Å². The van der Waals surface area contributed by atoms with Crippen molar-refractivity contribution in [3.63, 3.8) is 0 Å². The van der Waals surface area contributed by atoms with Crippen LogP contribution in [0.5, 0.6) is 0 Å². The first-order valence-electron chi connectivity index (χ1n) is 12.7. The Morgan fingerprint density at radius 2 is 1.00 bits per heavy atom. The quantitative estimate of drug-likeness (QED) is 0.241. The van der Waals surface area contributed by atoms with E-state index in [9.17, 15) is 0 Å². The van der Waals surface area contributed by atoms with Gasteiger partial charge in [0.15, 0.2) is 0 Å². The fourth-order valence-electron chi connectivity index (χ4n) is 5.19. The zero-order valence-corrected chi connectivity index (χ0v) is 25.0. The number of anilines is 1. The van der Waals surface area contributed by atoms with Gasteiger partial charge in [-0.1, -0.05) is 35.4 Å². The van der Waals surface area contributed by atoms with E-state index >= 15 is 0 Å². The van der Waals surface area contributed by atoms with Gasteiger partial charge in [0.05, 0.1) is 34.2 Å². The predicted molar refractivity (Wildman–Crippen MR) is 157 cm³/mol. The minimum Gasteiger partial charge on any atom is -0.371 e. The van der Waals surface area contributed by atoms with Crippen molar-refractivity contribution < 1.29 is 16.8 Å². The molecule has 37 heavy (non-hydrogen) atoms. The number of nitrogens with zero attached hydrogens (tertiary/aromatic N) is 4. The molecule has 0 aliphatic carbocycles. The van der Waals surface area contributed by atoms with Crippen LogP contribution in [-0.4, -0.2) is 29.5 Å². The average molecular weight is 541 g/mol. The Morgan fingerprint density at radius 1 is 0.649 bits per heavy atom. The molecule has 2 heterocycles. The van der Waals surface area contributed by atoms with Crippen LogP contribution in [0.15, 0.2) is 46.4 Å². The Labute approximate surface area is 234 Å². The van der Waals surface area contributed by atoms with Crippen LogP contribution in [0.4, 0.5) is 17.1 Å². The molecule has 4 rings (SSSR count). The average Bonchev–Trinajstić information content (AvgIpc) is 3.33. The van der Waals surface area contributed by atoms with Crippen LogP contribution in [0, 0.1) is 49.0 Å². The van der Waals surface area contributed by atoms with Crippen molar-refractivity contribution >= 4 is 28.5 Å². The SMILES string of the molecule is CC(=Nc1c(C)cc(C)cc1C)c1cc(N2CCCC2)cc(C(C)=Nc2c(C)cc(C)cc2C)n1.[CH3-].[Co]. The molecule has 1 aliphatic heterocycles. The number of aromatic nitrogens is 1. The molecule has 3 aromatic rings. The molecule has 4 nitrogen and oxygen atoms in total. The van der Waals surface area contributed by atoms with Gasteiger partial charge in [0, 0.05) is 35.6 Å². The summed E-state index contributed by atoms with van der Waals surface area (Å²) >= 11 is 0. The second kappa shape index (κ2) is 12.7. The van der Waals surface area contributed by atoms with E-state index < -0.39 is 0 Å². The summed E-state index contributed by atoms with van der Waals surface area (Å²) < 4.78 is 0. The number of aliphatic imine (C=N–C) groups is 2. The Balaban J connectivity index is 0.00000241. The van der Waals surface area contributed by atoms with Crippen LogP contribution < -0.4 is 4.90 Å². The van der Waals surface area contributed by atoms with Crippen molar-refractivity contribution in [2.45, 2.75) is 68.2 Å². The number of benzene rings is 2. The van der Waals surface area contributed by atoms with Crippen LogP contribution in [0.1, 0.15) is 71.5 Å². The molecule has 0 spiro atoms. The van der Waals surface area contributed by atoms with Crippen molar-refractivity contribution in [3.05, 3.63) is 88.6 Å². The van der Waals surface area contributed by atoms with Gasteiger partial charge in [-0.05, 0) is 103 Å². The van der Waals surface area contributed by atoms with Crippen LogP contribution in [0.3, 0.4) is 0 Å². The van der Waals surface area contributed by atoms with Gasteiger partial charge < -0.3 is 12.3 Å². The maximum atomic E-state index is 5.06. The topological polar surface area (TPSA) is 40.9 Å². The van der Waals surface area contributed by atoms with Gasteiger partial charge in [-0.25, -0.2) is 4.98 Å². The summed E-state index contributed by atoms with van der Waals surface area (Å²) in [5.74, 6) is 0. The molecule has 1 aliphatic rings. The Kier molecular flexibility index (Phi) is 10.4. The Morgan fingerprint density at radius 3 is 1.35 bits per heavy atom. The summed E-state index contributed by atoms with van der Waals surface area (Å²) in [4.78, 5) is 17.6. The van der Waals surface area contributed by atoms with Gasteiger partial charge in [0.25, 0.3) is 0 Å². The fraction of sp³-hybridized carbons (Fsp3) is 0.375. The molecule has 0 saturated carbocycles. The molecule has 1 saturated heterocycles. The predicted octanol–water partition coefficient (Wildman–Crippen LogP) is 8.26. The first-order valence-corrected chi connectivity index (χ1v) is 12.7. The van der Waals surface area contributed by atoms with Crippen LogP contribution in [0.2, 0.25) is 0 Å². The number of aryl methyl sites for hydroxylation is 6. The summed E-state index contributed by atoms with van der Waals surface area (Å²) in [7, 11) is 0. The second-order valence-electron chi connectivity index (χ2n) is 10.2. The summed E-state index contributed by atoms with van der Waals surface area (Å²) in [6.45, 7) is 19.1. The number of hydrogen-bond acceptors (Lipinski definition) is 4. The van der Waals surface area contributed by atoms with Gasteiger partial charge in [-0.2, -0.15) is 0 Å². The van der Waals surface area contributed by atoms with Gasteiger partial charge in [0.1, 0.15) is 0 Å². The van der Waals surface area contributed by atoms with Gasteiger partial charge in [-0.15, -0.1) is 0 Å². The molecule has 0 atom stereocenters. The van der Waals surface area contributed by atoms with E-state index in [1.165, 1.54) is 51.9 Å². The first kappa shape index (κ1) is 30.5. The molecule has 1 fully saturated rings. The van der Waals surface area contributed by atoms with E-state index in [0.29, 0.717) is 0 Å². The number of rotatable bonds is 5. The standard InChI is InChI=1S/C31H38N4.CH3.Co/c1-19-13-21(3)30(22(4)14-19)32-25(7)28-17-27(35-11-9-10-12-35)18-29(34-28)26(8)33-31-23(5)15-20(2)16-24(31)6;;/h13-18H,9-12H2,1-8H3;1H3;/q;-1;. The summed E-state index contributed by atoms with van der Waals surface area (Å²) in [5, 5.41) is 0. The molecule has 1 aromatic heterocycles. The summed E-state index contributed by atoms with van der Waals surface area (Å²) in [5.41, 5.74) is 14.3. The minimum atomic E-state index is 0. The third-order valence-corrected chi connectivity index (χ3v) is 6.85. The van der Waals surface area contributed by atoms with E-state index in [-0.39, 0.29) is 24.2 Å². The molecule has 5 heteroatoms. The van der Waals surface area contributed by atoms with Crippen molar-refractivity contribution in [2.24, 2.45) is 9.98 Å². The van der Waals surface area contributed by atoms with E-state index in [2.05, 4.69) is 96.7 Å². The van der Waals surface area contributed by atoms with E-state index in [4.69, 9.17) is 15.0 Å². The van der Waals surface area contributed by atoms with Crippen molar-refractivity contribution in [2.75, 3.05) is 18.0 Å². The largest absolute Gasteiger partial charge is 0.371 e. The van der Waals surface area contributed by atoms with Crippen LogP contribution in [-0.2, 0) is 16.8 Å². The van der Waals surface area contributed by atoms with Crippen LogP contribution >= 0.6 is 0 Å². The molecule has 0 bridgehead atoms. The Hall–Kier alpha value is -2.76. The molecule has 0 N–H and O–H groups in total. The van der Waals surface area contributed by atoms with E-state index in [1.54, 1.807) is 0 Å². The smallest absolute Gasteiger partial charge is 0.0870 e. The third kappa shape index (κ3) is 6.96. The second-order valence-corrected chi connectivity index (χ2v) is 10.2. The molecule has 1 radical (unpaired) electrons. The van der Waals surface area contributed by atoms with Crippen molar-refractivity contribution in [3.8, 4) is 0 Å². The van der Waals surface area contributed by atoms with Gasteiger partial charge in [0.2, 0.25) is 0 Å². The number of pyridine rings is 1. The summed E-state index contributed by atoms with van der Waals surface area (Å²) in [6.07, 6.45) is 2.47. The van der Waals surface area contributed by atoms with E-state index in [1.807, 2.05) is 0 Å². The molecular weight excluding hydrogens is 499 g/mol. The molecular formula is C32H41CoN4-. The van der Waals surface area contributed by atoms with Gasteiger partial charge in [-0.3, -0.25) is 9.98 Å². The summed E-state index contributed by atoms with van der Waals surface area (Å²) in [6, 6.07) is 13.2. The minimum absolute atomic E-state index is 0. The zero-order chi connectivity index (χ0) is 25.3. The molecule has 0 unspecified atom stereocenters. The van der Waals surface area contributed by atoms with Crippen LogP contribution in [0.25, 0.3) is 0 Å². The maximum absolute atomic E-state index is 5.06. The monoisotopic (exact) mass is 540 g/mol. The molecule has 2 aromatic carbocycles. The Bertz CT molecular complexity index is 1190. The fourth-order valence-corrected chi connectivity index (χ4v) is 5.19. The normalized spacial score (nSPS) is 13.9. The van der Waals surface area contributed by atoms with E-state index in [0.717, 1.165) is 47.3 Å². The van der Waals surface area contributed by atoms with Crippen molar-refractivity contribution in [1.29, 1.82) is 0 Å². The zero-order valence-electron chi connectivity index (χ0n) is 23.9.